The summed E-state index contributed by atoms with van der Waals surface area (Å²) in [6.45, 7) is 8.18. The molecule has 1 fully saturated rings. The van der Waals surface area contributed by atoms with Crippen molar-refractivity contribution in [3.05, 3.63) is 18.0 Å². The fourth-order valence-corrected chi connectivity index (χ4v) is 2.13. The van der Waals surface area contributed by atoms with E-state index < -0.39 is 5.54 Å². The van der Waals surface area contributed by atoms with Gasteiger partial charge in [-0.15, -0.1) is 0 Å². The van der Waals surface area contributed by atoms with Gasteiger partial charge in [0.25, 0.3) is 0 Å². The number of carbonyl (C=O) groups is 2. The van der Waals surface area contributed by atoms with Crippen LogP contribution >= 0.6 is 0 Å². The van der Waals surface area contributed by atoms with Crippen LogP contribution in [0.4, 0.5) is 0 Å². The quantitative estimate of drug-likeness (QED) is 0.837. The van der Waals surface area contributed by atoms with Gasteiger partial charge >= 0.3 is 0 Å². The van der Waals surface area contributed by atoms with Gasteiger partial charge in [-0.1, -0.05) is 6.92 Å². The van der Waals surface area contributed by atoms with E-state index in [0.29, 0.717) is 6.04 Å². The molecule has 1 aromatic heterocycles. The number of piperazine rings is 1. The molecular formula is C14H22N4O2. The predicted octanol–water partition coefficient (Wildman–Crippen LogP) is 1.09. The van der Waals surface area contributed by atoms with Crippen molar-refractivity contribution in [3.63, 3.8) is 0 Å². The molecule has 2 amide bonds. The largest absolute Gasteiger partial charge is 0.295 e. The minimum absolute atomic E-state index is 0.185. The molecule has 1 N–H and O–H groups in total. The van der Waals surface area contributed by atoms with E-state index in [1.54, 1.807) is 13.8 Å². The Bertz CT molecular complexity index is 521. The molecule has 0 aliphatic carbocycles. The number of hydrogen-bond acceptors (Lipinski definition) is 4. The molecule has 2 heterocycles. The highest BCUT2D eigenvalue weighted by atomic mass is 16.2. The van der Waals surface area contributed by atoms with Crippen molar-refractivity contribution in [1.82, 2.24) is 20.0 Å². The first kappa shape index (κ1) is 14.7. The lowest BCUT2D eigenvalue weighted by Gasteiger charge is -2.36. The first-order valence-electron chi connectivity index (χ1n) is 6.99. The molecule has 1 aliphatic heterocycles. The molecule has 0 radical (unpaired) electrons. The van der Waals surface area contributed by atoms with Gasteiger partial charge in [-0.3, -0.25) is 24.5 Å². The maximum Gasteiger partial charge on any atom is 0.249 e. The second-order valence-electron chi connectivity index (χ2n) is 5.81. The summed E-state index contributed by atoms with van der Waals surface area (Å²) >= 11 is 0. The number of nitrogens with zero attached hydrogens (tertiary/aromatic N) is 3. The van der Waals surface area contributed by atoms with Crippen molar-refractivity contribution >= 4 is 11.8 Å². The van der Waals surface area contributed by atoms with Crippen LogP contribution in [-0.4, -0.2) is 38.6 Å². The van der Waals surface area contributed by atoms with Gasteiger partial charge in [0.05, 0.1) is 24.3 Å². The highest BCUT2D eigenvalue weighted by Gasteiger charge is 2.39. The van der Waals surface area contributed by atoms with Crippen LogP contribution in [0.25, 0.3) is 0 Å². The molecule has 0 spiro atoms. The first-order chi connectivity index (χ1) is 9.35. The Balaban J connectivity index is 2.14. The fourth-order valence-electron chi connectivity index (χ4n) is 2.13. The zero-order valence-electron chi connectivity index (χ0n) is 12.5. The molecular weight excluding hydrogens is 256 g/mol. The molecule has 1 aromatic rings. The van der Waals surface area contributed by atoms with Crippen molar-refractivity contribution in [3.8, 4) is 0 Å². The monoisotopic (exact) mass is 278 g/mol. The highest BCUT2D eigenvalue weighted by Crippen LogP contribution is 2.16. The van der Waals surface area contributed by atoms with Gasteiger partial charge in [-0.05, 0) is 33.3 Å². The predicted molar refractivity (Wildman–Crippen MR) is 74.9 cm³/mol. The van der Waals surface area contributed by atoms with Crippen molar-refractivity contribution in [2.24, 2.45) is 0 Å². The van der Waals surface area contributed by atoms with Crippen LogP contribution in [0.1, 0.15) is 45.9 Å². The lowest BCUT2D eigenvalue weighted by Crippen LogP contribution is -2.63. The van der Waals surface area contributed by atoms with Crippen molar-refractivity contribution < 1.29 is 9.59 Å². The molecule has 1 aliphatic rings. The van der Waals surface area contributed by atoms with Gasteiger partial charge in [0.15, 0.2) is 0 Å². The SMILES string of the molecule is CCC(C)n1ccc(CN2C(=O)CNC(C)(C)C2=O)n1. The topological polar surface area (TPSA) is 67.2 Å². The second kappa shape index (κ2) is 5.36. The normalized spacial score (nSPS) is 20.3. The zero-order valence-corrected chi connectivity index (χ0v) is 12.5. The van der Waals surface area contributed by atoms with Gasteiger partial charge in [0, 0.05) is 12.2 Å². The van der Waals surface area contributed by atoms with Crippen LogP contribution < -0.4 is 5.32 Å². The highest BCUT2D eigenvalue weighted by molar-refractivity contribution is 6.02. The standard InChI is InChI=1S/C14H22N4O2/c1-5-10(2)18-7-6-11(16-18)9-17-12(19)8-15-14(3,4)13(17)20/h6-7,10,15H,5,8-9H2,1-4H3. The van der Waals surface area contributed by atoms with E-state index in [9.17, 15) is 9.59 Å². The molecule has 1 unspecified atom stereocenters. The average molecular weight is 278 g/mol. The summed E-state index contributed by atoms with van der Waals surface area (Å²) in [4.78, 5) is 25.5. The summed E-state index contributed by atoms with van der Waals surface area (Å²) < 4.78 is 1.87. The lowest BCUT2D eigenvalue weighted by atomic mass is 10.0. The van der Waals surface area contributed by atoms with E-state index in [1.807, 2.05) is 16.9 Å². The minimum Gasteiger partial charge on any atom is -0.295 e. The van der Waals surface area contributed by atoms with Crippen LogP contribution in [0, 0.1) is 0 Å². The van der Waals surface area contributed by atoms with Gasteiger partial charge in [-0.25, -0.2) is 0 Å². The Labute approximate surface area is 119 Å². The van der Waals surface area contributed by atoms with Crippen LogP contribution in [-0.2, 0) is 16.1 Å². The number of aromatic nitrogens is 2. The molecule has 0 aromatic carbocycles. The minimum atomic E-state index is -0.701. The van der Waals surface area contributed by atoms with Crippen LogP contribution in [0.5, 0.6) is 0 Å². The van der Waals surface area contributed by atoms with Crippen LogP contribution in [0.3, 0.4) is 0 Å². The van der Waals surface area contributed by atoms with E-state index in [1.165, 1.54) is 4.90 Å². The molecule has 110 valence electrons. The van der Waals surface area contributed by atoms with Crippen molar-refractivity contribution in [2.45, 2.75) is 52.2 Å². The lowest BCUT2D eigenvalue weighted by molar-refractivity contribution is -0.153. The smallest absolute Gasteiger partial charge is 0.249 e. The Morgan fingerprint density at radius 2 is 2.15 bits per heavy atom. The Morgan fingerprint density at radius 3 is 2.80 bits per heavy atom. The molecule has 1 saturated heterocycles. The first-order valence-corrected chi connectivity index (χ1v) is 6.99. The van der Waals surface area contributed by atoms with Crippen LogP contribution in [0.15, 0.2) is 12.3 Å². The van der Waals surface area contributed by atoms with Crippen LogP contribution in [0.2, 0.25) is 0 Å². The third-order valence-electron chi connectivity index (χ3n) is 3.79. The molecule has 1 atom stereocenters. The molecule has 2 rings (SSSR count). The number of imide groups is 1. The maximum atomic E-state index is 12.3. The molecule has 6 heteroatoms. The number of hydrogen-bond donors (Lipinski definition) is 1. The fraction of sp³-hybridized carbons (Fsp3) is 0.643. The number of carbonyl (C=O) groups excluding carboxylic acids is 2. The van der Waals surface area contributed by atoms with E-state index in [0.717, 1.165) is 12.1 Å². The number of amides is 2. The second-order valence-corrected chi connectivity index (χ2v) is 5.81. The average Bonchev–Trinajstić information content (AvgIpc) is 2.87. The van der Waals surface area contributed by atoms with E-state index in [2.05, 4.69) is 24.3 Å². The zero-order chi connectivity index (χ0) is 14.9. The molecule has 0 saturated carbocycles. The van der Waals surface area contributed by atoms with E-state index in [4.69, 9.17) is 0 Å². The van der Waals surface area contributed by atoms with E-state index >= 15 is 0 Å². The van der Waals surface area contributed by atoms with Gasteiger partial charge in [0.1, 0.15) is 0 Å². The Morgan fingerprint density at radius 1 is 1.45 bits per heavy atom. The van der Waals surface area contributed by atoms with Gasteiger partial charge < -0.3 is 0 Å². The number of rotatable bonds is 4. The number of nitrogens with one attached hydrogen (secondary N) is 1. The Kier molecular flexibility index (Phi) is 3.94. The summed E-state index contributed by atoms with van der Waals surface area (Å²) in [6.07, 6.45) is 2.88. The summed E-state index contributed by atoms with van der Waals surface area (Å²) in [5.74, 6) is -0.403. The van der Waals surface area contributed by atoms with Gasteiger partial charge in [0.2, 0.25) is 11.8 Å². The summed E-state index contributed by atoms with van der Waals surface area (Å²) in [5.41, 5.74) is 0.0393. The molecule has 0 bridgehead atoms. The summed E-state index contributed by atoms with van der Waals surface area (Å²) in [5, 5.41) is 7.38. The third kappa shape index (κ3) is 2.75. The molecule has 6 nitrogen and oxygen atoms in total. The summed E-state index contributed by atoms with van der Waals surface area (Å²) in [7, 11) is 0. The van der Waals surface area contributed by atoms with Crippen molar-refractivity contribution in [1.29, 1.82) is 0 Å². The molecule has 20 heavy (non-hydrogen) atoms. The Hall–Kier alpha value is -1.69. The third-order valence-corrected chi connectivity index (χ3v) is 3.79. The van der Waals surface area contributed by atoms with Crippen molar-refractivity contribution in [2.75, 3.05) is 6.54 Å². The maximum absolute atomic E-state index is 12.3. The van der Waals surface area contributed by atoms with E-state index in [-0.39, 0.29) is 24.9 Å². The summed E-state index contributed by atoms with van der Waals surface area (Å²) in [6, 6.07) is 2.18. The van der Waals surface area contributed by atoms with Gasteiger partial charge in [-0.2, -0.15) is 5.10 Å².